The number of nitrogens with one attached hydrogen (secondary N) is 4. The van der Waals surface area contributed by atoms with Crippen LogP contribution in [0.1, 0.15) is 38.3 Å². The zero-order valence-corrected chi connectivity index (χ0v) is 20.8. The van der Waals surface area contributed by atoms with E-state index in [1.807, 2.05) is 0 Å². The van der Waals surface area contributed by atoms with Crippen molar-refractivity contribution in [1.29, 1.82) is 0 Å². The molecule has 0 aliphatic heterocycles. The highest BCUT2D eigenvalue weighted by Crippen LogP contribution is 2.26. The van der Waals surface area contributed by atoms with Gasteiger partial charge >= 0.3 is 12.1 Å². The number of aromatic nitrogens is 3. The topological polar surface area (TPSA) is 144 Å². The van der Waals surface area contributed by atoms with Crippen LogP contribution in [0.3, 0.4) is 0 Å². The molecule has 0 saturated heterocycles. The monoisotopic (exact) mass is 501 g/mol. The number of ether oxygens (including phenoxy) is 1. The summed E-state index contributed by atoms with van der Waals surface area (Å²) in [7, 11) is 3.34. The number of fused-ring (bicyclic) bond motifs is 1. The lowest BCUT2D eigenvalue weighted by Gasteiger charge is -2.30. The summed E-state index contributed by atoms with van der Waals surface area (Å²) in [6.45, 7) is 4.30. The number of benzene rings is 1. The maximum absolute atomic E-state index is 13.3. The Hall–Kier alpha value is -3.77. The number of carbonyl (C=O) groups excluding carboxylic acids is 2. The van der Waals surface area contributed by atoms with Gasteiger partial charge in [-0.05, 0) is 44.4 Å². The van der Waals surface area contributed by atoms with Crippen molar-refractivity contribution < 1.29 is 23.8 Å². The van der Waals surface area contributed by atoms with Crippen molar-refractivity contribution in [3.8, 4) is 0 Å². The number of H-pyrrole nitrogens is 1. The predicted octanol–water partition coefficient (Wildman–Crippen LogP) is 3.62. The summed E-state index contributed by atoms with van der Waals surface area (Å²) in [5.74, 6) is 0.130. The molecule has 4 amide bonds. The van der Waals surface area contributed by atoms with Gasteiger partial charge in [-0.15, -0.1) is 0 Å². The van der Waals surface area contributed by atoms with Gasteiger partial charge in [0, 0.05) is 39.6 Å². The van der Waals surface area contributed by atoms with Gasteiger partial charge in [-0.3, -0.25) is 15.7 Å². The summed E-state index contributed by atoms with van der Waals surface area (Å²) in [5, 5.41) is 26.1. The maximum Gasteiger partial charge on any atom is 0.322 e. The molecule has 1 aromatic carbocycles. The summed E-state index contributed by atoms with van der Waals surface area (Å²) in [4.78, 5) is 30.9. The molecule has 1 atom stereocenters. The molecule has 2 heterocycles. The normalized spacial score (nSPS) is 12.3. The van der Waals surface area contributed by atoms with Crippen molar-refractivity contribution in [2.75, 3.05) is 37.9 Å². The Morgan fingerprint density at radius 2 is 1.94 bits per heavy atom. The van der Waals surface area contributed by atoms with Crippen LogP contribution in [0.2, 0.25) is 0 Å². The second kappa shape index (κ2) is 11.8. The highest BCUT2D eigenvalue weighted by Gasteiger charge is 2.30. The standard InChI is InChI=1S/C24H32FN7O4/c1-24(2,35)20(15-7-9-16(25)10-8-15)28-22(33)27-19-13-18-17(14-26-19)21(31-30-18)29-23(34)32(3)11-5-6-12-36-4/h7-10,13-14,20,35H,5-6,11-12H2,1-4H3,(H2,26,27,28,33)(H2,29,30,31,34). The van der Waals surface area contributed by atoms with E-state index >= 15 is 0 Å². The number of halogens is 1. The largest absolute Gasteiger partial charge is 0.388 e. The Morgan fingerprint density at radius 3 is 2.61 bits per heavy atom. The number of carbonyl (C=O) groups is 2. The van der Waals surface area contributed by atoms with E-state index < -0.39 is 23.5 Å². The van der Waals surface area contributed by atoms with E-state index in [0.717, 1.165) is 12.8 Å². The number of aromatic amines is 1. The lowest BCUT2D eigenvalue weighted by atomic mass is 9.92. The molecule has 11 nitrogen and oxygen atoms in total. The molecule has 0 aliphatic carbocycles. The van der Waals surface area contributed by atoms with Crippen molar-refractivity contribution in [1.82, 2.24) is 25.4 Å². The number of hydrogen-bond donors (Lipinski definition) is 5. The van der Waals surface area contributed by atoms with Gasteiger partial charge in [-0.25, -0.2) is 19.0 Å². The number of hydrogen-bond acceptors (Lipinski definition) is 6. The molecule has 0 bridgehead atoms. The first-order chi connectivity index (χ1) is 17.1. The second-order valence-corrected chi connectivity index (χ2v) is 8.98. The van der Waals surface area contributed by atoms with E-state index in [9.17, 15) is 19.1 Å². The van der Waals surface area contributed by atoms with Crippen molar-refractivity contribution in [3.05, 3.63) is 47.9 Å². The Kier molecular flexibility index (Phi) is 8.78. The highest BCUT2D eigenvalue weighted by molar-refractivity contribution is 6.00. The van der Waals surface area contributed by atoms with E-state index in [2.05, 4.69) is 31.1 Å². The number of pyridine rings is 1. The van der Waals surface area contributed by atoms with Gasteiger partial charge in [0.25, 0.3) is 0 Å². The summed E-state index contributed by atoms with van der Waals surface area (Å²) >= 11 is 0. The lowest BCUT2D eigenvalue weighted by molar-refractivity contribution is 0.0415. The highest BCUT2D eigenvalue weighted by atomic mass is 19.1. The van der Waals surface area contributed by atoms with Gasteiger partial charge in [0.05, 0.1) is 22.5 Å². The third-order valence-corrected chi connectivity index (χ3v) is 5.54. The molecular weight excluding hydrogens is 469 g/mol. The first-order valence-electron chi connectivity index (χ1n) is 11.5. The zero-order valence-electron chi connectivity index (χ0n) is 20.8. The maximum atomic E-state index is 13.3. The molecule has 0 aliphatic rings. The van der Waals surface area contributed by atoms with Crippen LogP contribution < -0.4 is 16.0 Å². The Balaban J connectivity index is 1.64. The number of amides is 4. The van der Waals surface area contributed by atoms with E-state index in [-0.39, 0.29) is 11.8 Å². The summed E-state index contributed by atoms with van der Waals surface area (Å²) < 4.78 is 18.3. The first-order valence-corrected chi connectivity index (χ1v) is 11.5. The number of nitrogens with zero attached hydrogens (tertiary/aromatic N) is 3. The molecule has 0 saturated carbocycles. The number of rotatable bonds is 10. The third-order valence-electron chi connectivity index (χ3n) is 5.54. The SMILES string of the molecule is COCCCCN(C)C(=O)Nc1n[nH]c2cc(NC(=O)NC(c3ccc(F)cc3)C(C)(C)O)ncc12. The van der Waals surface area contributed by atoms with Gasteiger partial charge in [0.2, 0.25) is 0 Å². The van der Waals surface area contributed by atoms with E-state index in [1.165, 1.54) is 30.5 Å². The number of unbranched alkanes of at least 4 members (excludes halogenated alkanes) is 1. The molecule has 1 unspecified atom stereocenters. The predicted molar refractivity (Wildman–Crippen MR) is 134 cm³/mol. The number of methoxy groups -OCH3 is 1. The fourth-order valence-corrected chi connectivity index (χ4v) is 3.58. The zero-order chi connectivity index (χ0) is 26.3. The van der Waals surface area contributed by atoms with Gasteiger partial charge in [-0.1, -0.05) is 12.1 Å². The van der Waals surface area contributed by atoms with Gasteiger partial charge in [0.1, 0.15) is 11.6 Å². The lowest BCUT2D eigenvalue weighted by Crippen LogP contribution is -2.44. The molecule has 36 heavy (non-hydrogen) atoms. The number of urea groups is 2. The average Bonchev–Trinajstić information content (AvgIpc) is 3.22. The molecule has 0 spiro atoms. The van der Waals surface area contributed by atoms with Gasteiger partial charge in [0.15, 0.2) is 5.82 Å². The minimum Gasteiger partial charge on any atom is -0.388 e. The van der Waals surface area contributed by atoms with Crippen LogP contribution in [-0.2, 0) is 4.74 Å². The van der Waals surface area contributed by atoms with Crippen LogP contribution in [-0.4, -0.2) is 70.2 Å². The quantitative estimate of drug-likeness (QED) is 0.268. The fraction of sp³-hybridized carbons (Fsp3) is 0.417. The van der Waals surface area contributed by atoms with Gasteiger partial charge < -0.3 is 20.1 Å². The minimum atomic E-state index is -1.32. The van der Waals surface area contributed by atoms with Crippen molar-refractivity contribution in [2.45, 2.75) is 38.3 Å². The van der Waals surface area contributed by atoms with Crippen LogP contribution in [0.4, 0.5) is 25.6 Å². The number of anilines is 2. The van der Waals surface area contributed by atoms with E-state index in [0.29, 0.717) is 35.4 Å². The molecular formula is C24H32FN7O4. The fourth-order valence-electron chi connectivity index (χ4n) is 3.58. The van der Waals surface area contributed by atoms with Crippen LogP contribution >= 0.6 is 0 Å². The van der Waals surface area contributed by atoms with Crippen LogP contribution in [0.25, 0.3) is 10.9 Å². The summed E-state index contributed by atoms with van der Waals surface area (Å²) in [6.07, 6.45) is 3.15. The van der Waals surface area contributed by atoms with E-state index in [4.69, 9.17) is 4.74 Å². The molecule has 0 radical (unpaired) electrons. The summed E-state index contributed by atoms with van der Waals surface area (Å²) in [6, 6.07) is 5.38. The Morgan fingerprint density at radius 1 is 1.22 bits per heavy atom. The second-order valence-electron chi connectivity index (χ2n) is 8.98. The molecule has 194 valence electrons. The molecule has 2 aromatic heterocycles. The average molecular weight is 502 g/mol. The molecule has 5 N–H and O–H groups in total. The molecule has 3 rings (SSSR count). The minimum absolute atomic E-state index is 0.227. The third kappa shape index (κ3) is 7.12. The van der Waals surface area contributed by atoms with E-state index in [1.54, 1.807) is 39.0 Å². The van der Waals surface area contributed by atoms with Gasteiger partial charge in [-0.2, -0.15) is 5.10 Å². The van der Waals surface area contributed by atoms with Crippen LogP contribution in [0, 0.1) is 5.82 Å². The van der Waals surface area contributed by atoms with Crippen LogP contribution in [0.5, 0.6) is 0 Å². The molecule has 0 fully saturated rings. The van der Waals surface area contributed by atoms with Crippen molar-refractivity contribution in [2.24, 2.45) is 0 Å². The molecule has 12 heteroatoms. The summed E-state index contributed by atoms with van der Waals surface area (Å²) in [5.41, 5.74) is -0.226. The van der Waals surface area contributed by atoms with Crippen molar-refractivity contribution >= 4 is 34.6 Å². The number of aliphatic hydroxyl groups is 1. The Bertz CT molecular complexity index is 1180. The Labute approximate surface area is 208 Å². The van der Waals surface area contributed by atoms with Crippen LogP contribution in [0.15, 0.2) is 36.5 Å². The van der Waals surface area contributed by atoms with Crippen molar-refractivity contribution in [3.63, 3.8) is 0 Å². The molecule has 3 aromatic rings. The smallest absolute Gasteiger partial charge is 0.322 e. The first kappa shape index (κ1) is 26.8.